The molecule has 0 radical (unpaired) electrons. The Hall–Kier alpha value is -1.58. The molecule has 1 saturated heterocycles. The van der Waals surface area contributed by atoms with Crippen LogP contribution in [0.3, 0.4) is 0 Å². The first kappa shape index (κ1) is 17.8. The molecular formula is C19H30N2O2. The van der Waals surface area contributed by atoms with Gasteiger partial charge in [-0.1, -0.05) is 45.0 Å². The Morgan fingerprint density at radius 3 is 2.65 bits per heavy atom. The standard InChI is InChI=1S/C19H30N2O2/c1-5-9-15(20-23-12-6-2)18-16(21-10-7-8-11-21)13-19(3,4)14-17(18)22/h6H,2,5,7-14H2,1,3-4H3. The minimum Gasteiger partial charge on any atom is -0.391 e. The van der Waals surface area contributed by atoms with Crippen molar-refractivity contribution >= 4 is 11.5 Å². The van der Waals surface area contributed by atoms with Crippen LogP contribution >= 0.6 is 0 Å². The third kappa shape index (κ3) is 4.46. The largest absolute Gasteiger partial charge is 0.391 e. The van der Waals surface area contributed by atoms with Crippen LogP contribution in [0.25, 0.3) is 0 Å². The van der Waals surface area contributed by atoms with Gasteiger partial charge in [0.2, 0.25) is 0 Å². The molecule has 2 rings (SSSR count). The van der Waals surface area contributed by atoms with E-state index in [1.54, 1.807) is 6.08 Å². The van der Waals surface area contributed by atoms with Crippen molar-refractivity contribution in [3.8, 4) is 0 Å². The number of hydrogen-bond donors (Lipinski definition) is 0. The molecule has 23 heavy (non-hydrogen) atoms. The van der Waals surface area contributed by atoms with Crippen LogP contribution in [-0.4, -0.2) is 36.1 Å². The summed E-state index contributed by atoms with van der Waals surface area (Å²) in [5.74, 6) is 0.220. The molecule has 0 aromatic heterocycles. The van der Waals surface area contributed by atoms with E-state index in [-0.39, 0.29) is 11.2 Å². The monoisotopic (exact) mass is 318 g/mol. The van der Waals surface area contributed by atoms with E-state index >= 15 is 0 Å². The Morgan fingerprint density at radius 1 is 1.35 bits per heavy atom. The normalized spacial score (nSPS) is 21.8. The van der Waals surface area contributed by atoms with Crippen molar-refractivity contribution in [3.63, 3.8) is 0 Å². The number of carbonyl (C=O) groups excluding carboxylic acids is 1. The molecule has 1 aliphatic carbocycles. The van der Waals surface area contributed by atoms with Crippen LogP contribution in [0, 0.1) is 5.41 Å². The summed E-state index contributed by atoms with van der Waals surface area (Å²) >= 11 is 0. The summed E-state index contributed by atoms with van der Waals surface area (Å²) in [4.78, 5) is 20.6. The van der Waals surface area contributed by atoms with Gasteiger partial charge in [0.1, 0.15) is 6.61 Å². The Kier molecular flexibility index (Phi) is 6.03. The van der Waals surface area contributed by atoms with Crippen molar-refractivity contribution in [2.45, 2.75) is 59.3 Å². The molecule has 1 fully saturated rings. The number of ketones is 1. The van der Waals surface area contributed by atoms with E-state index in [4.69, 9.17) is 4.84 Å². The number of likely N-dealkylation sites (tertiary alicyclic amines) is 1. The third-order valence-corrected chi connectivity index (χ3v) is 4.48. The topological polar surface area (TPSA) is 41.9 Å². The second-order valence-electron chi connectivity index (χ2n) is 7.33. The molecule has 2 aliphatic rings. The van der Waals surface area contributed by atoms with Gasteiger partial charge in [-0.25, -0.2) is 0 Å². The van der Waals surface area contributed by atoms with Crippen LogP contribution < -0.4 is 0 Å². The summed E-state index contributed by atoms with van der Waals surface area (Å²) in [6.45, 7) is 12.6. The predicted molar refractivity (Wildman–Crippen MR) is 94.3 cm³/mol. The van der Waals surface area contributed by atoms with Crippen LogP contribution in [0.15, 0.2) is 29.1 Å². The fourth-order valence-electron chi connectivity index (χ4n) is 3.49. The number of carbonyl (C=O) groups is 1. The molecule has 0 spiro atoms. The molecule has 0 bridgehead atoms. The number of rotatable bonds is 7. The average Bonchev–Trinajstić information content (AvgIpc) is 2.99. The van der Waals surface area contributed by atoms with E-state index in [1.807, 2.05) is 0 Å². The van der Waals surface area contributed by atoms with E-state index in [0.29, 0.717) is 13.0 Å². The molecule has 0 saturated carbocycles. The summed E-state index contributed by atoms with van der Waals surface area (Å²) in [5, 5.41) is 4.29. The summed E-state index contributed by atoms with van der Waals surface area (Å²) < 4.78 is 0. The lowest BCUT2D eigenvalue weighted by Gasteiger charge is -2.36. The van der Waals surface area contributed by atoms with Crippen molar-refractivity contribution < 1.29 is 9.63 Å². The first-order valence-corrected chi connectivity index (χ1v) is 8.80. The van der Waals surface area contributed by atoms with Crippen LogP contribution in [0.1, 0.15) is 59.3 Å². The molecule has 1 aliphatic heterocycles. The first-order valence-electron chi connectivity index (χ1n) is 8.80. The molecule has 0 unspecified atom stereocenters. The molecule has 1 heterocycles. The van der Waals surface area contributed by atoms with Crippen molar-refractivity contribution in [1.82, 2.24) is 4.90 Å². The summed E-state index contributed by atoms with van der Waals surface area (Å²) in [6.07, 6.45) is 7.34. The number of Topliss-reactive ketones (excluding diaryl/α,β-unsaturated/α-hetero) is 1. The smallest absolute Gasteiger partial charge is 0.167 e. The minimum absolute atomic E-state index is 0.0256. The van der Waals surface area contributed by atoms with Gasteiger partial charge in [-0.05, 0) is 31.1 Å². The van der Waals surface area contributed by atoms with Crippen molar-refractivity contribution in [3.05, 3.63) is 23.9 Å². The highest BCUT2D eigenvalue weighted by molar-refractivity contribution is 6.23. The summed E-state index contributed by atoms with van der Waals surface area (Å²) in [7, 11) is 0. The van der Waals surface area contributed by atoms with Gasteiger partial charge in [0.15, 0.2) is 5.78 Å². The number of oxime groups is 1. The van der Waals surface area contributed by atoms with Gasteiger partial charge in [0, 0.05) is 25.2 Å². The van der Waals surface area contributed by atoms with E-state index in [9.17, 15) is 4.79 Å². The summed E-state index contributed by atoms with van der Waals surface area (Å²) in [6, 6.07) is 0. The maximum absolute atomic E-state index is 12.9. The maximum Gasteiger partial charge on any atom is 0.167 e. The highest BCUT2D eigenvalue weighted by Gasteiger charge is 2.37. The van der Waals surface area contributed by atoms with E-state index in [1.165, 1.54) is 18.5 Å². The molecule has 0 aromatic rings. The zero-order valence-electron chi connectivity index (χ0n) is 14.9. The highest BCUT2D eigenvalue weighted by atomic mass is 16.6. The van der Waals surface area contributed by atoms with Crippen LogP contribution in [0.4, 0.5) is 0 Å². The summed E-state index contributed by atoms with van der Waals surface area (Å²) in [5.41, 5.74) is 2.87. The Labute approximate surface area is 140 Å². The average molecular weight is 318 g/mol. The van der Waals surface area contributed by atoms with Crippen LogP contribution in [0.2, 0.25) is 0 Å². The number of hydrogen-bond acceptors (Lipinski definition) is 4. The SMILES string of the molecule is C=CCON=C(CCC)C1=C(N2CCCC2)CC(C)(C)CC1=O. The lowest BCUT2D eigenvalue weighted by molar-refractivity contribution is -0.117. The van der Waals surface area contributed by atoms with Crippen molar-refractivity contribution in [2.24, 2.45) is 10.6 Å². The second kappa shape index (κ2) is 7.80. The van der Waals surface area contributed by atoms with Gasteiger partial charge in [-0.15, -0.1) is 0 Å². The van der Waals surface area contributed by atoms with Gasteiger partial charge in [0.05, 0.1) is 11.3 Å². The molecule has 0 atom stereocenters. The lowest BCUT2D eigenvalue weighted by Crippen LogP contribution is -2.35. The Balaban J connectivity index is 2.41. The fraction of sp³-hybridized carbons (Fsp3) is 0.684. The second-order valence-corrected chi connectivity index (χ2v) is 7.33. The Bertz CT molecular complexity index is 511. The van der Waals surface area contributed by atoms with Gasteiger partial charge in [0.25, 0.3) is 0 Å². The molecule has 0 N–H and O–H groups in total. The fourth-order valence-corrected chi connectivity index (χ4v) is 3.49. The Morgan fingerprint density at radius 2 is 2.04 bits per heavy atom. The maximum atomic E-state index is 12.9. The zero-order chi connectivity index (χ0) is 16.9. The molecule has 0 aromatic carbocycles. The lowest BCUT2D eigenvalue weighted by atomic mass is 9.74. The molecule has 0 amide bonds. The van der Waals surface area contributed by atoms with Gasteiger partial charge in [-0.2, -0.15) is 0 Å². The molecule has 4 nitrogen and oxygen atoms in total. The van der Waals surface area contributed by atoms with Crippen LogP contribution in [-0.2, 0) is 9.63 Å². The van der Waals surface area contributed by atoms with Gasteiger partial charge in [-0.3, -0.25) is 4.79 Å². The zero-order valence-corrected chi connectivity index (χ0v) is 14.9. The molecule has 128 valence electrons. The predicted octanol–water partition coefficient (Wildman–Crippen LogP) is 4.08. The number of allylic oxidation sites excluding steroid dienone is 2. The minimum atomic E-state index is 0.0256. The van der Waals surface area contributed by atoms with Crippen molar-refractivity contribution in [2.75, 3.05) is 19.7 Å². The first-order chi connectivity index (χ1) is 11.0. The van der Waals surface area contributed by atoms with Gasteiger partial charge >= 0.3 is 0 Å². The van der Waals surface area contributed by atoms with E-state index < -0.39 is 0 Å². The third-order valence-electron chi connectivity index (χ3n) is 4.48. The molecular weight excluding hydrogens is 288 g/mol. The van der Waals surface area contributed by atoms with Gasteiger partial charge < -0.3 is 9.74 Å². The number of nitrogens with zero attached hydrogens (tertiary/aromatic N) is 2. The quantitative estimate of drug-likeness (QED) is 0.307. The van der Waals surface area contributed by atoms with E-state index in [2.05, 4.69) is 37.4 Å². The highest BCUT2D eigenvalue weighted by Crippen LogP contribution is 2.40. The van der Waals surface area contributed by atoms with Crippen molar-refractivity contribution in [1.29, 1.82) is 0 Å². The van der Waals surface area contributed by atoms with E-state index in [0.717, 1.165) is 43.6 Å². The molecule has 4 heteroatoms. The van der Waals surface area contributed by atoms with Crippen LogP contribution in [0.5, 0.6) is 0 Å².